The Morgan fingerprint density at radius 1 is 0.882 bits per heavy atom. The van der Waals surface area contributed by atoms with Crippen molar-refractivity contribution < 1.29 is 31.1 Å². The maximum atomic E-state index is 13.1. The lowest BCUT2D eigenvalue weighted by molar-refractivity contribution is -0.138. The Balaban J connectivity index is 1.96. The zero-order chi connectivity index (χ0) is 25.1. The molecule has 0 spiro atoms. The van der Waals surface area contributed by atoms with Gasteiger partial charge in [0.2, 0.25) is 5.78 Å². The van der Waals surface area contributed by atoms with Crippen molar-refractivity contribution in [1.82, 2.24) is 9.88 Å². The van der Waals surface area contributed by atoms with Crippen molar-refractivity contribution >= 4 is 17.3 Å². The Hall–Kier alpha value is -3.89. The van der Waals surface area contributed by atoms with Crippen LogP contribution in [0.2, 0.25) is 0 Å². The zero-order valence-electron chi connectivity index (χ0n) is 17.9. The first-order valence-corrected chi connectivity index (χ1v) is 9.73. The molecule has 0 atom stereocenters. The predicted molar refractivity (Wildman–Crippen MR) is 114 cm³/mol. The SMILES string of the molecule is CN(C)C(=NNc1ccc(C(F)(F)F)cc1)c1cccnc1C(=O)c1cccc(C(F)(F)F)c1. The van der Waals surface area contributed by atoms with Crippen molar-refractivity contribution in [1.29, 1.82) is 0 Å². The smallest absolute Gasteiger partial charge is 0.361 e. The van der Waals surface area contributed by atoms with Gasteiger partial charge < -0.3 is 4.90 Å². The van der Waals surface area contributed by atoms with E-state index in [0.717, 1.165) is 30.3 Å². The summed E-state index contributed by atoms with van der Waals surface area (Å²) in [6.45, 7) is 0. The van der Waals surface area contributed by atoms with E-state index in [4.69, 9.17) is 0 Å². The maximum absolute atomic E-state index is 13.1. The summed E-state index contributed by atoms with van der Waals surface area (Å²) in [6.07, 6.45) is -7.78. The molecule has 2 aromatic carbocycles. The van der Waals surface area contributed by atoms with Gasteiger partial charge in [-0.2, -0.15) is 31.4 Å². The number of amidine groups is 1. The van der Waals surface area contributed by atoms with Gasteiger partial charge in [0.15, 0.2) is 5.84 Å². The molecule has 0 saturated carbocycles. The summed E-state index contributed by atoms with van der Waals surface area (Å²) in [5.41, 5.74) is 0.963. The number of hydrogen-bond acceptors (Lipinski definition) is 4. The third-order valence-corrected chi connectivity index (χ3v) is 4.64. The van der Waals surface area contributed by atoms with Gasteiger partial charge in [-0.25, -0.2) is 0 Å². The van der Waals surface area contributed by atoms with E-state index in [1.54, 1.807) is 14.1 Å². The van der Waals surface area contributed by atoms with Gasteiger partial charge in [-0.05, 0) is 48.5 Å². The van der Waals surface area contributed by atoms with Crippen LogP contribution < -0.4 is 5.43 Å². The number of alkyl halides is 6. The van der Waals surface area contributed by atoms with Crippen molar-refractivity contribution in [2.75, 3.05) is 19.5 Å². The topological polar surface area (TPSA) is 57.6 Å². The average molecular weight is 480 g/mol. The van der Waals surface area contributed by atoms with Crippen molar-refractivity contribution in [2.45, 2.75) is 12.4 Å². The molecule has 0 saturated heterocycles. The lowest BCUT2D eigenvalue weighted by atomic mass is 10.0. The normalized spacial score (nSPS) is 12.4. The standard InChI is InChI=1S/C23H18F6N4O/c1-33(2)21(32-31-17-10-8-15(9-11-17)22(24,25)26)18-7-4-12-30-19(18)20(34)14-5-3-6-16(13-14)23(27,28)29/h3-13,31H,1-2H3. The predicted octanol–water partition coefficient (Wildman–Crippen LogP) is 5.69. The number of hydrazone groups is 1. The highest BCUT2D eigenvalue weighted by Crippen LogP contribution is 2.31. The number of rotatable bonds is 5. The fraction of sp³-hybridized carbons (Fsp3) is 0.174. The van der Waals surface area contributed by atoms with Gasteiger partial charge in [0, 0.05) is 31.4 Å². The fourth-order valence-corrected chi connectivity index (χ4v) is 2.99. The van der Waals surface area contributed by atoms with Crippen molar-refractivity contribution in [3.05, 3.63) is 94.8 Å². The summed E-state index contributed by atoms with van der Waals surface area (Å²) >= 11 is 0. The summed E-state index contributed by atoms with van der Waals surface area (Å²) in [4.78, 5) is 18.6. The Morgan fingerprint density at radius 3 is 2.12 bits per heavy atom. The van der Waals surface area contributed by atoms with Gasteiger partial charge in [0.1, 0.15) is 5.69 Å². The average Bonchev–Trinajstić information content (AvgIpc) is 2.78. The van der Waals surface area contributed by atoms with Gasteiger partial charge in [-0.3, -0.25) is 15.2 Å². The minimum absolute atomic E-state index is 0.136. The number of halogens is 6. The highest BCUT2D eigenvalue weighted by molar-refractivity contribution is 6.15. The zero-order valence-corrected chi connectivity index (χ0v) is 17.9. The number of carbonyl (C=O) groups excluding carboxylic acids is 1. The lowest BCUT2D eigenvalue weighted by Crippen LogP contribution is -2.27. The molecule has 34 heavy (non-hydrogen) atoms. The third-order valence-electron chi connectivity index (χ3n) is 4.64. The van der Waals surface area contributed by atoms with Crippen LogP contribution in [0.25, 0.3) is 0 Å². The number of pyridine rings is 1. The molecule has 1 aromatic heterocycles. The minimum atomic E-state index is -4.62. The highest BCUT2D eigenvalue weighted by atomic mass is 19.4. The van der Waals surface area contributed by atoms with E-state index in [-0.39, 0.29) is 28.3 Å². The molecule has 0 bridgehead atoms. The van der Waals surface area contributed by atoms with Gasteiger partial charge >= 0.3 is 12.4 Å². The van der Waals surface area contributed by atoms with Crippen LogP contribution in [0.3, 0.4) is 0 Å². The van der Waals surface area contributed by atoms with Gasteiger partial charge in [-0.1, -0.05) is 12.1 Å². The summed E-state index contributed by atoms with van der Waals surface area (Å²) in [7, 11) is 3.22. The van der Waals surface area contributed by atoms with E-state index in [1.165, 1.54) is 41.4 Å². The number of nitrogens with one attached hydrogen (secondary N) is 1. The van der Waals surface area contributed by atoms with E-state index >= 15 is 0 Å². The van der Waals surface area contributed by atoms with Gasteiger partial charge in [-0.15, -0.1) is 0 Å². The first-order chi connectivity index (χ1) is 15.9. The van der Waals surface area contributed by atoms with Crippen LogP contribution in [0.15, 0.2) is 72.0 Å². The molecule has 0 amide bonds. The summed E-state index contributed by atoms with van der Waals surface area (Å²) in [5.74, 6) is -0.561. The number of nitrogens with zero attached hydrogens (tertiary/aromatic N) is 3. The number of carbonyl (C=O) groups is 1. The summed E-state index contributed by atoms with van der Waals surface area (Å²) < 4.78 is 77.5. The highest BCUT2D eigenvalue weighted by Gasteiger charge is 2.32. The Bertz CT molecular complexity index is 1200. The Morgan fingerprint density at radius 2 is 1.53 bits per heavy atom. The largest absolute Gasteiger partial charge is 0.416 e. The molecule has 0 aliphatic rings. The second-order valence-corrected chi connectivity index (χ2v) is 7.32. The Kier molecular flexibility index (Phi) is 6.94. The molecule has 1 heterocycles. The molecule has 0 aliphatic heterocycles. The molecule has 3 rings (SSSR count). The second kappa shape index (κ2) is 9.54. The van der Waals surface area contributed by atoms with Crippen molar-refractivity contribution in [3.63, 3.8) is 0 Å². The van der Waals surface area contributed by atoms with Crippen LogP contribution in [-0.4, -0.2) is 35.6 Å². The third kappa shape index (κ3) is 5.72. The summed E-state index contributed by atoms with van der Waals surface area (Å²) in [6, 6.07) is 11.2. The molecular formula is C23H18F6N4O. The van der Waals surface area contributed by atoms with E-state index in [9.17, 15) is 31.1 Å². The second-order valence-electron chi connectivity index (χ2n) is 7.32. The number of hydrogen-bond donors (Lipinski definition) is 1. The Labute approximate surface area is 190 Å². The molecule has 11 heteroatoms. The van der Waals surface area contributed by atoms with Crippen LogP contribution in [0.1, 0.15) is 32.7 Å². The minimum Gasteiger partial charge on any atom is -0.361 e. The first-order valence-electron chi connectivity index (χ1n) is 9.73. The molecule has 3 aromatic rings. The number of anilines is 1. The van der Waals surface area contributed by atoms with Crippen LogP contribution in [0.5, 0.6) is 0 Å². The molecule has 0 radical (unpaired) electrons. The number of benzene rings is 2. The quantitative estimate of drug-likeness (QED) is 0.168. The molecule has 0 unspecified atom stereocenters. The van der Waals surface area contributed by atoms with Crippen molar-refractivity contribution in [2.24, 2.45) is 5.10 Å². The number of aromatic nitrogens is 1. The van der Waals surface area contributed by atoms with E-state index < -0.39 is 29.3 Å². The van der Waals surface area contributed by atoms with E-state index in [0.29, 0.717) is 0 Å². The van der Waals surface area contributed by atoms with Gasteiger partial charge in [0.25, 0.3) is 0 Å². The van der Waals surface area contributed by atoms with Crippen LogP contribution in [0.4, 0.5) is 32.0 Å². The number of ketones is 1. The van der Waals surface area contributed by atoms with Crippen molar-refractivity contribution in [3.8, 4) is 0 Å². The van der Waals surface area contributed by atoms with Gasteiger partial charge in [0.05, 0.1) is 16.8 Å². The molecular weight excluding hydrogens is 462 g/mol. The van der Waals surface area contributed by atoms with Crippen LogP contribution in [-0.2, 0) is 12.4 Å². The summed E-state index contributed by atoms with van der Waals surface area (Å²) in [5, 5.41) is 4.19. The molecule has 1 N–H and O–H groups in total. The molecule has 5 nitrogen and oxygen atoms in total. The first kappa shape index (κ1) is 24.7. The van der Waals surface area contributed by atoms with E-state index in [1.807, 2.05) is 0 Å². The van der Waals surface area contributed by atoms with Crippen LogP contribution in [0, 0.1) is 0 Å². The molecule has 0 aliphatic carbocycles. The fourth-order valence-electron chi connectivity index (χ4n) is 2.99. The lowest BCUT2D eigenvalue weighted by Gasteiger charge is -2.18. The molecule has 178 valence electrons. The monoisotopic (exact) mass is 480 g/mol. The maximum Gasteiger partial charge on any atom is 0.416 e. The van der Waals surface area contributed by atoms with E-state index in [2.05, 4.69) is 15.5 Å². The molecule has 0 fully saturated rings. The van der Waals surface area contributed by atoms with Crippen LogP contribution >= 0.6 is 0 Å².